The lowest BCUT2D eigenvalue weighted by atomic mass is 10.0. The molecule has 1 heteroatoms. The third-order valence-corrected chi connectivity index (χ3v) is 1.96. The molecule has 64 valence electrons. The average Bonchev–Trinajstić information content (AvgIpc) is 2.08. The van der Waals surface area contributed by atoms with Crippen molar-refractivity contribution >= 4 is 5.57 Å². The molecule has 0 amide bonds. The summed E-state index contributed by atoms with van der Waals surface area (Å²) in [7, 11) is 0. The zero-order chi connectivity index (χ0) is 9.14. The predicted octanol–water partition coefficient (Wildman–Crippen LogP) is 3.12. The summed E-state index contributed by atoms with van der Waals surface area (Å²) in [6, 6.07) is 5.56. The highest BCUT2D eigenvalue weighted by molar-refractivity contribution is 5.68. The second-order valence-electron chi connectivity index (χ2n) is 2.98. The van der Waals surface area contributed by atoms with Gasteiger partial charge in [-0.2, -0.15) is 0 Å². The first-order chi connectivity index (χ1) is 5.65. The second-order valence-corrected chi connectivity index (χ2v) is 2.98. The summed E-state index contributed by atoms with van der Waals surface area (Å²) >= 11 is 0. The maximum atomic E-state index is 9.48. The fourth-order valence-electron chi connectivity index (χ4n) is 1.12. The summed E-state index contributed by atoms with van der Waals surface area (Å²) in [6.07, 6.45) is 0.872. The lowest BCUT2D eigenvalue weighted by molar-refractivity contribution is 0.473. The van der Waals surface area contributed by atoms with E-state index in [9.17, 15) is 5.11 Å². The van der Waals surface area contributed by atoms with E-state index in [4.69, 9.17) is 0 Å². The first kappa shape index (κ1) is 8.85. The van der Waals surface area contributed by atoms with Crippen LogP contribution in [-0.2, 0) is 0 Å². The van der Waals surface area contributed by atoms with Crippen molar-refractivity contribution in [2.24, 2.45) is 0 Å². The predicted molar refractivity (Wildman–Crippen MR) is 52.2 cm³/mol. The van der Waals surface area contributed by atoms with E-state index < -0.39 is 0 Å². The lowest BCUT2D eigenvalue weighted by Crippen LogP contribution is -1.83. The van der Waals surface area contributed by atoms with E-state index in [0.29, 0.717) is 5.75 Å². The Balaban J connectivity index is 3.13. The van der Waals surface area contributed by atoms with E-state index in [1.807, 2.05) is 26.0 Å². The van der Waals surface area contributed by atoms with Crippen LogP contribution in [0.25, 0.3) is 5.57 Å². The highest BCUT2D eigenvalue weighted by Crippen LogP contribution is 2.26. The number of aromatic hydroxyl groups is 1. The number of phenolic OH excluding ortho intramolecular Hbond substituents is 1. The van der Waals surface area contributed by atoms with E-state index in [1.165, 1.54) is 0 Å². The molecule has 1 aromatic carbocycles. The van der Waals surface area contributed by atoms with Crippen LogP contribution < -0.4 is 0 Å². The van der Waals surface area contributed by atoms with Gasteiger partial charge >= 0.3 is 0 Å². The molecular weight excluding hydrogens is 148 g/mol. The van der Waals surface area contributed by atoms with Gasteiger partial charge in [-0.3, -0.25) is 0 Å². The van der Waals surface area contributed by atoms with Crippen LogP contribution in [0.2, 0.25) is 0 Å². The fourth-order valence-corrected chi connectivity index (χ4v) is 1.12. The zero-order valence-electron chi connectivity index (χ0n) is 7.59. The lowest BCUT2D eigenvalue weighted by Gasteiger charge is -2.06. The molecule has 0 saturated heterocycles. The summed E-state index contributed by atoms with van der Waals surface area (Å²) < 4.78 is 0. The topological polar surface area (TPSA) is 20.2 Å². The highest BCUT2D eigenvalue weighted by Gasteiger charge is 2.02. The largest absolute Gasteiger partial charge is 0.507 e. The van der Waals surface area contributed by atoms with Crippen LogP contribution in [0.15, 0.2) is 24.8 Å². The van der Waals surface area contributed by atoms with Crippen molar-refractivity contribution in [1.82, 2.24) is 0 Å². The van der Waals surface area contributed by atoms with Crippen LogP contribution >= 0.6 is 0 Å². The Kier molecular flexibility index (Phi) is 2.54. The van der Waals surface area contributed by atoms with Gasteiger partial charge in [0, 0.05) is 5.56 Å². The van der Waals surface area contributed by atoms with Crippen LogP contribution in [0, 0.1) is 6.92 Å². The summed E-state index contributed by atoms with van der Waals surface area (Å²) in [4.78, 5) is 0. The Hall–Kier alpha value is -1.24. The Morgan fingerprint density at radius 3 is 2.75 bits per heavy atom. The third kappa shape index (κ3) is 1.67. The van der Waals surface area contributed by atoms with Gasteiger partial charge in [0.15, 0.2) is 0 Å². The molecule has 1 aromatic rings. The minimum Gasteiger partial charge on any atom is -0.507 e. The van der Waals surface area contributed by atoms with E-state index in [0.717, 1.165) is 23.1 Å². The molecule has 0 aliphatic carbocycles. The Morgan fingerprint density at radius 2 is 2.17 bits per heavy atom. The van der Waals surface area contributed by atoms with Crippen molar-refractivity contribution < 1.29 is 5.11 Å². The fraction of sp³-hybridized carbons (Fsp3) is 0.273. The molecule has 0 aliphatic rings. The molecule has 0 heterocycles. The highest BCUT2D eigenvalue weighted by atomic mass is 16.3. The summed E-state index contributed by atoms with van der Waals surface area (Å²) in [6.45, 7) is 7.92. The van der Waals surface area contributed by atoms with Crippen LogP contribution in [0.3, 0.4) is 0 Å². The monoisotopic (exact) mass is 162 g/mol. The number of hydrogen-bond donors (Lipinski definition) is 1. The van der Waals surface area contributed by atoms with Gasteiger partial charge in [0.25, 0.3) is 0 Å². The molecule has 0 spiro atoms. The van der Waals surface area contributed by atoms with Crippen molar-refractivity contribution in [1.29, 1.82) is 0 Å². The Morgan fingerprint density at radius 1 is 1.50 bits per heavy atom. The first-order valence-electron chi connectivity index (χ1n) is 4.13. The second kappa shape index (κ2) is 3.44. The Labute approximate surface area is 73.4 Å². The normalized spacial score (nSPS) is 9.83. The van der Waals surface area contributed by atoms with Crippen LogP contribution in [0.4, 0.5) is 0 Å². The molecule has 0 unspecified atom stereocenters. The number of allylic oxidation sites excluding steroid dienone is 1. The van der Waals surface area contributed by atoms with Gasteiger partial charge in [-0.25, -0.2) is 0 Å². The van der Waals surface area contributed by atoms with Gasteiger partial charge in [0.2, 0.25) is 0 Å². The number of hydrogen-bond acceptors (Lipinski definition) is 1. The maximum Gasteiger partial charge on any atom is 0.123 e. The van der Waals surface area contributed by atoms with Gasteiger partial charge < -0.3 is 5.11 Å². The zero-order valence-corrected chi connectivity index (χ0v) is 7.59. The quantitative estimate of drug-likeness (QED) is 0.708. The van der Waals surface area contributed by atoms with E-state index in [2.05, 4.69) is 6.58 Å². The molecule has 0 aliphatic heterocycles. The maximum absolute atomic E-state index is 9.48. The van der Waals surface area contributed by atoms with Crippen molar-refractivity contribution in [3.63, 3.8) is 0 Å². The van der Waals surface area contributed by atoms with E-state index >= 15 is 0 Å². The SMILES string of the molecule is C=C(CC)c1cc(C)ccc1O. The van der Waals surface area contributed by atoms with Gasteiger partial charge in [-0.15, -0.1) is 0 Å². The van der Waals surface area contributed by atoms with Gasteiger partial charge in [-0.1, -0.05) is 25.1 Å². The molecule has 1 nitrogen and oxygen atoms in total. The number of benzene rings is 1. The van der Waals surface area contributed by atoms with E-state index in [-0.39, 0.29) is 0 Å². The number of aryl methyl sites for hydroxylation is 1. The van der Waals surface area contributed by atoms with Crippen LogP contribution in [-0.4, -0.2) is 5.11 Å². The average molecular weight is 162 g/mol. The van der Waals surface area contributed by atoms with Crippen molar-refractivity contribution in [3.05, 3.63) is 35.9 Å². The van der Waals surface area contributed by atoms with E-state index in [1.54, 1.807) is 6.07 Å². The first-order valence-corrected chi connectivity index (χ1v) is 4.13. The molecule has 0 saturated carbocycles. The molecule has 1 N–H and O–H groups in total. The number of rotatable bonds is 2. The Bertz CT molecular complexity index is 300. The molecule has 12 heavy (non-hydrogen) atoms. The van der Waals surface area contributed by atoms with Gasteiger partial charge in [0.05, 0.1) is 0 Å². The number of phenols is 1. The minimum absolute atomic E-state index is 0.326. The molecule has 0 radical (unpaired) electrons. The molecular formula is C11H14O. The standard InChI is InChI=1S/C11H14O/c1-4-9(3)10-7-8(2)5-6-11(10)12/h5-7,12H,3-4H2,1-2H3. The molecule has 1 rings (SSSR count). The molecule has 0 atom stereocenters. The molecule has 0 aromatic heterocycles. The summed E-state index contributed by atoms with van der Waals surface area (Å²) in [5.74, 6) is 0.326. The third-order valence-electron chi connectivity index (χ3n) is 1.96. The van der Waals surface area contributed by atoms with Gasteiger partial charge in [-0.05, 0) is 31.1 Å². The molecule has 0 fully saturated rings. The van der Waals surface area contributed by atoms with Crippen molar-refractivity contribution in [2.75, 3.05) is 0 Å². The van der Waals surface area contributed by atoms with Crippen LogP contribution in [0.5, 0.6) is 5.75 Å². The van der Waals surface area contributed by atoms with Crippen molar-refractivity contribution in [3.8, 4) is 5.75 Å². The molecule has 0 bridgehead atoms. The summed E-state index contributed by atoms with van der Waals surface area (Å²) in [5, 5.41) is 9.48. The summed E-state index contributed by atoms with van der Waals surface area (Å²) in [5.41, 5.74) is 3.01. The van der Waals surface area contributed by atoms with Gasteiger partial charge in [0.1, 0.15) is 5.75 Å². The van der Waals surface area contributed by atoms with Crippen molar-refractivity contribution in [2.45, 2.75) is 20.3 Å². The van der Waals surface area contributed by atoms with Crippen LogP contribution in [0.1, 0.15) is 24.5 Å². The smallest absolute Gasteiger partial charge is 0.123 e. The minimum atomic E-state index is 0.326.